The molecule has 1 unspecified atom stereocenters. The van der Waals surface area contributed by atoms with Crippen molar-refractivity contribution in [1.82, 2.24) is 15.2 Å². The number of aliphatic hydroxyl groups is 1. The van der Waals surface area contributed by atoms with Crippen LogP contribution in [0, 0.1) is 26.6 Å². The number of hydrogen-bond donors (Lipinski definition) is 1. The summed E-state index contributed by atoms with van der Waals surface area (Å²) in [5, 5.41) is 20.1. The van der Waals surface area contributed by atoms with E-state index in [-0.39, 0.29) is 16.3 Å². The Morgan fingerprint density at radius 3 is 2.49 bits per heavy atom. The Labute approximate surface area is 224 Å². The summed E-state index contributed by atoms with van der Waals surface area (Å²) in [6.07, 6.45) is 0. The van der Waals surface area contributed by atoms with Gasteiger partial charge in [-0.15, -0.1) is 21.5 Å². The van der Waals surface area contributed by atoms with E-state index in [0.29, 0.717) is 25.7 Å². The number of aromatic nitrogens is 3. The van der Waals surface area contributed by atoms with Crippen molar-refractivity contribution in [2.24, 2.45) is 0 Å². The molecule has 0 spiro atoms. The fourth-order valence-electron chi connectivity index (χ4n) is 4.08. The number of ketones is 1. The van der Waals surface area contributed by atoms with Crippen molar-refractivity contribution in [2.45, 2.75) is 36.9 Å². The second kappa shape index (κ2) is 10.2. The maximum atomic E-state index is 15.0. The molecule has 0 saturated carbocycles. The van der Waals surface area contributed by atoms with E-state index in [4.69, 9.17) is 0 Å². The highest BCUT2D eigenvalue weighted by Crippen LogP contribution is 2.45. The Morgan fingerprint density at radius 2 is 1.81 bits per heavy atom. The summed E-state index contributed by atoms with van der Waals surface area (Å²) in [4.78, 5) is 32.7. The van der Waals surface area contributed by atoms with Crippen LogP contribution in [0.3, 0.4) is 0 Å². The van der Waals surface area contributed by atoms with E-state index >= 15 is 4.39 Å². The molecule has 7 nitrogen and oxygen atoms in total. The second-order valence-corrected chi connectivity index (χ2v) is 11.8. The van der Waals surface area contributed by atoms with Crippen molar-refractivity contribution in [3.63, 3.8) is 0 Å². The molecule has 1 N–H and O–H groups in total. The molecule has 0 fully saturated rings. The molecule has 2 aromatic heterocycles. The Hall–Kier alpha value is -3.41. The van der Waals surface area contributed by atoms with Gasteiger partial charge >= 0.3 is 0 Å². The summed E-state index contributed by atoms with van der Waals surface area (Å²) in [5.74, 6) is -2.09. The lowest BCUT2D eigenvalue weighted by molar-refractivity contribution is -0.117. The highest BCUT2D eigenvalue weighted by atomic mass is 32.2. The van der Waals surface area contributed by atoms with Crippen molar-refractivity contribution in [1.29, 1.82) is 0 Å². The van der Waals surface area contributed by atoms with Crippen LogP contribution < -0.4 is 4.90 Å². The molecule has 11 heteroatoms. The number of carbonyl (C=O) groups is 2. The Balaban J connectivity index is 1.51. The predicted molar refractivity (Wildman–Crippen MR) is 143 cm³/mol. The first-order chi connectivity index (χ1) is 17.7. The molecule has 4 aromatic rings. The maximum absolute atomic E-state index is 15.0. The monoisotopic (exact) mass is 552 g/mol. The van der Waals surface area contributed by atoms with Crippen LogP contribution in [0.25, 0.3) is 0 Å². The SMILES string of the molecule is Cc1ccc(CSc2nnc(N3C(=O)C(O)=C(C(=O)c4sc(C)nc4C)C3c3ccccc3F)s2)cc1. The minimum absolute atomic E-state index is 0.0752. The zero-order chi connectivity index (χ0) is 26.3. The van der Waals surface area contributed by atoms with Crippen LogP contribution in [0.4, 0.5) is 9.52 Å². The smallest absolute Gasteiger partial charge is 0.296 e. The lowest BCUT2D eigenvalue weighted by atomic mass is 9.95. The second-order valence-electron chi connectivity index (χ2n) is 8.46. The number of thioether (sulfide) groups is 1. The van der Waals surface area contributed by atoms with Crippen LogP contribution in [0.15, 0.2) is 64.2 Å². The van der Waals surface area contributed by atoms with Crippen molar-refractivity contribution >= 4 is 51.3 Å². The fourth-order valence-corrected chi connectivity index (χ4v) is 6.77. The number of Topliss-reactive ketones (excluding diaryl/α,β-unsaturated/α-hetero) is 1. The number of anilines is 1. The normalized spacial score (nSPS) is 15.6. The van der Waals surface area contributed by atoms with Gasteiger partial charge in [0.25, 0.3) is 5.91 Å². The molecule has 0 radical (unpaired) electrons. The van der Waals surface area contributed by atoms with Gasteiger partial charge in [0, 0.05) is 11.3 Å². The van der Waals surface area contributed by atoms with Crippen molar-refractivity contribution < 1.29 is 19.1 Å². The molecule has 37 heavy (non-hydrogen) atoms. The molecule has 0 saturated heterocycles. The number of aliphatic hydroxyl groups excluding tert-OH is 1. The molecule has 5 rings (SSSR count). The molecule has 1 aliphatic rings. The van der Waals surface area contributed by atoms with Crippen molar-refractivity contribution in [2.75, 3.05) is 4.90 Å². The molecule has 1 aliphatic heterocycles. The van der Waals surface area contributed by atoms with E-state index in [0.717, 1.165) is 33.1 Å². The zero-order valence-electron chi connectivity index (χ0n) is 20.1. The van der Waals surface area contributed by atoms with Gasteiger partial charge in [-0.2, -0.15) is 0 Å². The predicted octanol–water partition coefficient (Wildman–Crippen LogP) is 6.13. The van der Waals surface area contributed by atoms with Gasteiger partial charge in [-0.05, 0) is 32.4 Å². The first-order valence-corrected chi connectivity index (χ1v) is 13.9. The van der Waals surface area contributed by atoms with Gasteiger partial charge in [0.05, 0.1) is 21.2 Å². The minimum Gasteiger partial charge on any atom is -0.503 e. The lowest BCUT2D eigenvalue weighted by Gasteiger charge is -2.24. The number of rotatable bonds is 7. The maximum Gasteiger partial charge on any atom is 0.296 e. The highest BCUT2D eigenvalue weighted by molar-refractivity contribution is 8.00. The quantitative estimate of drug-likeness (QED) is 0.167. The van der Waals surface area contributed by atoms with Gasteiger partial charge in [-0.3, -0.25) is 14.5 Å². The van der Waals surface area contributed by atoms with E-state index in [2.05, 4.69) is 15.2 Å². The molecular weight excluding hydrogens is 532 g/mol. The van der Waals surface area contributed by atoms with Crippen molar-refractivity contribution in [3.05, 3.63) is 97.9 Å². The summed E-state index contributed by atoms with van der Waals surface area (Å²) in [7, 11) is 0. The highest BCUT2D eigenvalue weighted by Gasteiger charge is 2.47. The number of benzene rings is 2. The summed E-state index contributed by atoms with van der Waals surface area (Å²) in [6.45, 7) is 5.47. The van der Waals surface area contributed by atoms with Gasteiger partial charge in [0.15, 0.2) is 10.1 Å². The topological polar surface area (TPSA) is 96.3 Å². The van der Waals surface area contributed by atoms with Crippen LogP contribution in [-0.2, 0) is 10.5 Å². The number of hydrogen-bond acceptors (Lipinski definition) is 9. The third-order valence-electron chi connectivity index (χ3n) is 5.85. The van der Waals surface area contributed by atoms with Gasteiger partial charge in [0.1, 0.15) is 11.9 Å². The summed E-state index contributed by atoms with van der Waals surface area (Å²) < 4.78 is 15.7. The molecule has 2 aromatic carbocycles. The standard InChI is InChI=1S/C26H21FN4O3S3/c1-13-8-10-16(11-9-13)12-35-26-30-29-25(37-26)31-20(17-6-4-5-7-18(17)27)19(22(33)24(31)34)21(32)23-14(2)28-15(3)36-23/h4-11,20,33H,12H2,1-3H3. The van der Waals surface area contributed by atoms with Crippen LogP contribution in [0.1, 0.15) is 43.1 Å². The first kappa shape index (κ1) is 25.2. The third-order valence-corrected chi connectivity index (χ3v) is 9.05. The number of halogens is 1. The molecule has 3 heterocycles. The van der Waals surface area contributed by atoms with E-state index < -0.39 is 29.3 Å². The van der Waals surface area contributed by atoms with Crippen LogP contribution in [0.2, 0.25) is 0 Å². The summed E-state index contributed by atoms with van der Waals surface area (Å²) >= 11 is 3.76. The Bertz CT molecular complexity index is 1540. The zero-order valence-corrected chi connectivity index (χ0v) is 22.5. The number of aryl methyl sites for hydroxylation is 3. The Morgan fingerprint density at radius 1 is 1.08 bits per heavy atom. The van der Waals surface area contributed by atoms with E-state index in [1.165, 1.54) is 35.5 Å². The Kier molecular flexibility index (Phi) is 6.93. The van der Waals surface area contributed by atoms with Crippen LogP contribution >= 0.6 is 34.4 Å². The first-order valence-electron chi connectivity index (χ1n) is 11.3. The molecule has 1 atom stereocenters. The van der Waals surface area contributed by atoms with Crippen LogP contribution in [0.5, 0.6) is 0 Å². The number of carbonyl (C=O) groups excluding carboxylic acids is 2. The van der Waals surface area contributed by atoms with E-state index in [9.17, 15) is 14.7 Å². The minimum atomic E-state index is -1.20. The lowest BCUT2D eigenvalue weighted by Crippen LogP contribution is -2.31. The summed E-state index contributed by atoms with van der Waals surface area (Å²) in [6, 6.07) is 12.8. The van der Waals surface area contributed by atoms with Gasteiger partial charge in [0.2, 0.25) is 10.9 Å². The van der Waals surface area contributed by atoms with Gasteiger partial charge in [-0.25, -0.2) is 9.37 Å². The van der Waals surface area contributed by atoms with Crippen molar-refractivity contribution in [3.8, 4) is 0 Å². The molecule has 1 amide bonds. The average Bonchev–Trinajstić information content (AvgIpc) is 3.55. The molecular formula is C26H21FN4O3S3. The van der Waals surface area contributed by atoms with E-state index in [1.54, 1.807) is 19.9 Å². The number of nitrogens with zero attached hydrogens (tertiary/aromatic N) is 4. The van der Waals surface area contributed by atoms with Crippen LogP contribution in [-0.4, -0.2) is 32.0 Å². The van der Waals surface area contributed by atoms with Gasteiger partial charge < -0.3 is 5.11 Å². The summed E-state index contributed by atoms with van der Waals surface area (Å²) in [5.41, 5.74) is 2.63. The number of amides is 1. The fraction of sp³-hybridized carbons (Fsp3) is 0.192. The third kappa shape index (κ3) is 4.81. The largest absolute Gasteiger partial charge is 0.503 e. The number of thiazole rings is 1. The van der Waals surface area contributed by atoms with Gasteiger partial charge in [-0.1, -0.05) is 71.1 Å². The molecule has 0 bridgehead atoms. The molecule has 0 aliphatic carbocycles. The van der Waals surface area contributed by atoms with E-state index in [1.807, 2.05) is 31.2 Å². The molecule has 188 valence electrons. The average molecular weight is 553 g/mol.